The van der Waals surface area contributed by atoms with E-state index in [9.17, 15) is 20.1 Å². The molecule has 0 aromatic carbocycles. The van der Waals surface area contributed by atoms with Gasteiger partial charge < -0.3 is 15.3 Å². The van der Waals surface area contributed by atoms with Gasteiger partial charge in [0, 0.05) is 11.8 Å². The molecule has 0 radical (unpaired) electrons. The molecule has 0 aromatic rings. The monoisotopic (exact) mass is 320 g/mol. The number of Topliss-reactive ketones (excluding diaryl/α,β-unsaturated/α-hetero) is 1. The van der Waals surface area contributed by atoms with Crippen molar-refractivity contribution in [3.63, 3.8) is 0 Å². The lowest BCUT2D eigenvalue weighted by atomic mass is 9.47. The van der Waals surface area contributed by atoms with Crippen LogP contribution in [0.2, 0.25) is 0 Å². The first-order valence-corrected chi connectivity index (χ1v) is 9.05. The van der Waals surface area contributed by atoms with Crippen molar-refractivity contribution in [2.75, 3.05) is 0 Å². The molecule has 128 valence electrons. The molecule has 4 rings (SSSR count). The van der Waals surface area contributed by atoms with Crippen LogP contribution in [0.4, 0.5) is 0 Å². The van der Waals surface area contributed by atoms with Crippen LogP contribution in [-0.4, -0.2) is 39.4 Å². The first kappa shape index (κ1) is 15.8. The van der Waals surface area contributed by atoms with Gasteiger partial charge >= 0.3 is 0 Å². The molecule has 0 saturated heterocycles. The van der Waals surface area contributed by atoms with Gasteiger partial charge in [0.2, 0.25) is 0 Å². The Morgan fingerprint density at radius 2 is 1.78 bits per heavy atom. The van der Waals surface area contributed by atoms with Gasteiger partial charge in [-0.05, 0) is 55.3 Å². The number of hydrogen-bond acceptors (Lipinski definition) is 4. The largest absolute Gasteiger partial charge is 0.393 e. The van der Waals surface area contributed by atoms with Crippen LogP contribution in [0.15, 0.2) is 11.6 Å². The Labute approximate surface area is 137 Å². The van der Waals surface area contributed by atoms with E-state index in [4.69, 9.17) is 0 Å². The molecule has 0 bridgehead atoms. The molecule has 0 spiro atoms. The summed E-state index contributed by atoms with van der Waals surface area (Å²) >= 11 is 0. The predicted molar refractivity (Wildman–Crippen MR) is 85.5 cm³/mol. The zero-order chi connectivity index (χ0) is 16.6. The molecule has 3 N–H and O–H groups in total. The second kappa shape index (κ2) is 4.90. The van der Waals surface area contributed by atoms with Crippen molar-refractivity contribution >= 4 is 5.78 Å². The highest BCUT2D eigenvalue weighted by atomic mass is 16.3. The van der Waals surface area contributed by atoms with Gasteiger partial charge in [-0.2, -0.15) is 0 Å². The third-order valence-corrected chi connectivity index (χ3v) is 7.89. The summed E-state index contributed by atoms with van der Waals surface area (Å²) in [6, 6.07) is 0. The fourth-order valence-electron chi connectivity index (χ4n) is 6.40. The lowest BCUT2D eigenvalue weighted by Gasteiger charge is -2.58. The molecule has 0 aliphatic heterocycles. The molecule has 4 nitrogen and oxygen atoms in total. The number of hydrogen-bond donors (Lipinski definition) is 3. The van der Waals surface area contributed by atoms with Crippen LogP contribution < -0.4 is 0 Å². The second-order valence-electron chi connectivity index (χ2n) is 8.90. The minimum absolute atomic E-state index is 0.0288. The number of fused-ring (bicyclic) bond motifs is 5. The van der Waals surface area contributed by atoms with E-state index < -0.39 is 12.2 Å². The average molecular weight is 320 g/mol. The van der Waals surface area contributed by atoms with Crippen molar-refractivity contribution in [3.8, 4) is 0 Å². The van der Waals surface area contributed by atoms with Gasteiger partial charge in [0.1, 0.15) is 6.10 Å². The number of aliphatic hydroxyl groups is 3. The molecule has 0 amide bonds. The number of ketones is 1. The van der Waals surface area contributed by atoms with Crippen molar-refractivity contribution in [3.05, 3.63) is 11.6 Å². The molecule has 6 unspecified atom stereocenters. The first-order valence-electron chi connectivity index (χ1n) is 9.05. The number of aliphatic hydroxyl groups excluding tert-OH is 3. The van der Waals surface area contributed by atoms with Gasteiger partial charge in [0.15, 0.2) is 5.78 Å². The second-order valence-corrected chi connectivity index (χ2v) is 8.90. The molecule has 4 aliphatic rings. The van der Waals surface area contributed by atoms with Crippen LogP contribution in [0, 0.1) is 28.6 Å². The summed E-state index contributed by atoms with van der Waals surface area (Å²) in [5.41, 5.74) is 0.856. The lowest BCUT2D eigenvalue weighted by molar-refractivity contribution is -0.130. The van der Waals surface area contributed by atoms with E-state index in [0.29, 0.717) is 18.8 Å². The topological polar surface area (TPSA) is 77.8 Å². The maximum Gasteiger partial charge on any atom is 0.162 e. The molecule has 0 heterocycles. The fraction of sp³-hybridized carbons (Fsp3) is 0.842. The van der Waals surface area contributed by atoms with Crippen molar-refractivity contribution in [2.24, 2.45) is 28.6 Å². The van der Waals surface area contributed by atoms with Gasteiger partial charge in [-0.3, -0.25) is 4.79 Å². The first-order chi connectivity index (χ1) is 10.8. The maximum atomic E-state index is 12.2. The van der Waals surface area contributed by atoms with Crippen LogP contribution in [0.1, 0.15) is 52.4 Å². The predicted octanol–water partition coefficient (Wildman–Crippen LogP) is 1.82. The Morgan fingerprint density at radius 3 is 2.52 bits per heavy atom. The third-order valence-electron chi connectivity index (χ3n) is 7.89. The highest BCUT2D eigenvalue weighted by Crippen LogP contribution is 2.64. The highest BCUT2D eigenvalue weighted by molar-refractivity contribution is 5.86. The van der Waals surface area contributed by atoms with Crippen molar-refractivity contribution in [2.45, 2.75) is 70.7 Å². The Bertz CT molecular complexity index is 570. The smallest absolute Gasteiger partial charge is 0.162 e. The zero-order valence-corrected chi connectivity index (χ0v) is 14.0. The standard InChI is InChI=1S/C19H28O4/c1-18-5-3-11(20)7-10(18)8-14(21)16-12(18)4-6-19(2)13(16)9-15(22)17(19)23/h8,11-14,16-17,20-21,23H,3-7,9H2,1-2H3/t11-,12?,13?,14?,16?,17-,18?,19?/m0/s1. The zero-order valence-electron chi connectivity index (χ0n) is 14.0. The van der Waals surface area contributed by atoms with Crippen LogP contribution in [-0.2, 0) is 4.79 Å². The quantitative estimate of drug-likeness (QED) is 0.595. The van der Waals surface area contributed by atoms with Crippen LogP contribution in [0.25, 0.3) is 0 Å². The van der Waals surface area contributed by atoms with E-state index in [0.717, 1.165) is 25.7 Å². The Kier molecular flexibility index (Phi) is 3.37. The van der Waals surface area contributed by atoms with Crippen LogP contribution >= 0.6 is 0 Å². The Balaban J connectivity index is 1.75. The van der Waals surface area contributed by atoms with Crippen molar-refractivity contribution < 1.29 is 20.1 Å². The van der Waals surface area contributed by atoms with Gasteiger partial charge in [0.05, 0.1) is 12.2 Å². The van der Waals surface area contributed by atoms with E-state index in [1.165, 1.54) is 5.57 Å². The summed E-state index contributed by atoms with van der Waals surface area (Å²) in [4.78, 5) is 12.2. The normalized spacial score (nSPS) is 55.7. The average Bonchev–Trinajstić information content (AvgIpc) is 2.73. The molecular formula is C19H28O4. The summed E-state index contributed by atoms with van der Waals surface area (Å²) in [6.07, 6.45) is 4.88. The van der Waals surface area contributed by atoms with Crippen LogP contribution in [0.5, 0.6) is 0 Å². The summed E-state index contributed by atoms with van der Waals surface area (Å²) < 4.78 is 0. The molecule has 4 heteroatoms. The number of rotatable bonds is 0. The highest BCUT2D eigenvalue weighted by Gasteiger charge is 2.62. The van der Waals surface area contributed by atoms with E-state index in [-0.39, 0.29) is 34.6 Å². The number of carbonyl (C=O) groups is 1. The third kappa shape index (κ3) is 1.98. The SMILES string of the molecule is CC12CC[C@H](O)CC1=CC(O)C1C2CCC2(C)C1CC(=O)[C@@H]2O. The molecule has 3 saturated carbocycles. The molecule has 3 fully saturated rings. The summed E-state index contributed by atoms with van der Waals surface area (Å²) in [5.74, 6) is 0.421. The van der Waals surface area contributed by atoms with Gasteiger partial charge in [0.25, 0.3) is 0 Å². The van der Waals surface area contributed by atoms with Gasteiger partial charge in [-0.15, -0.1) is 0 Å². The molecule has 23 heavy (non-hydrogen) atoms. The molecule has 4 aliphatic carbocycles. The Morgan fingerprint density at radius 1 is 1.04 bits per heavy atom. The van der Waals surface area contributed by atoms with Gasteiger partial charge in [-0.25, -0.2) is 0 Å². The van der Waals surface area contributed by atoms with E-state index in [1.54, 1.807) is 0 Å². The summed E-state index contributed by atoms with van der Waals surface area (Å²) in [6.45, 7) is 4.31. The van der Waals surface area contributed by atoms with Crippen molar-refractivity contribution in [1.82, 2.24) is 0 Å². The summed E-state index contributed by atoms with van der Waals surface area (Å²) in [7, 11) is 0. The molecule has 8 atom stereocenters. The molecular weight excluding hydrogens is 292 g/mol. The number of carbonyl (C=O) groups excluding carboxylic acids is 1. The lowest BCUT2D eigenvalue weighted by Crippen LogP contribution is -2.55. The van der Waals surface area contributed by atoms with E-state index in [1.807, 2.05) is 13.0 Å². The minimum atomic E-state index is -0.869. The maximum absolute atomic E-state index is 12.2. The summed E-state index contributed by atoms with van der Waals surface area (Å²) in [5, 5.41) is 31.2. The van der Waals surface area contributed by atoms with Gasteiger partial charge in [-0.1, -0.05) is 25.5 Å². The minimum Gasteiger partial charge on any atom is -0.393 e. The fourth-order valence-corrected chi connectivity index (χ4v) is 6.40. The molecule has 0 aromatic heterocycles. The van der Waals surface area contributed by atoms with Crippen LogP contribution in [0.3, 0.4) is 0 Å². The van der Waals surface area contributed by atoms with E-state index in [2.05, 4.69) is 6.92 Å². The van der Waals surface area contributed by atoms with Crippen molar-refractivity contribution in [1.29, 1.82) is 0 Å². The Hall–Kier alpha value is -0.710. The van der Waals surface area contributed by atoms with E-state index >= 15 is 0 Å².